The fourth-order valence-electron chi connectivity index (χ4n) is 3.47. The Bertz CT molecular complexity index is 774. The second kappa shape index (κ2) is 8.95. The highest BCUT2D eigenvalue weighted by Gasteiger charge is 2.23. The van der Waals surface area contributed by atoms with Gasteiger partial charge < -0.3 is 10.1 Å². The summed E-state index contributed by atoms with van der Waals surface area (Å²) in [5, 5.41) is 2.81. The predicted octanol–water partition coefficient (Wildman–Crippen LogP) is 3.93. The van der Waals surface area contributed by atoms with Gasteiger partial charge in [-0.25, -0.2) is 8.78 Å². The van der Waals surface area contributed by atoms with Crippen molar-refractivity contribution in [3.8, 4) is 5.75 Å². The van der Waals surface area contributed by atoms with Gasteiger partial charge in [-0.05, 0) is 55.8 Å². The van der Waals surface area contributed by atoms with Gasteiger partial charge in [-0.1, -0.05) is 18.6 Å². The Morgan fingerprint density at radius 2 is 1.81 bits per heavy atom. The maximum absolute atomic E-state index is 13.9. The average Bonchev–Trinajstić information content (AvgIpc) is 2.69. The first kappa shape index (κ1) is 19.3. The van der Waals surface area contributed by atoms with Crippen molar-refractivity contribution in [2.24, 2.45) is 0 Å². The molecular formula is C21H24F2N2O2. The third kappa shape index (κ3) is 4.83. The summed E-state index contributed by atoms with van der Waals surface area (Å²) >= 11 is 0. The molecule has 144 valence electrons. The second-order valence-corrected chi connectivity index (χ2v) is 6.72. The topological polar surface area (TPSA) is 41.6 Å². The van der Waals surface area contributed by atoms with Gasteiger partial charge in [0, 0.05) is 12.6 Å². The lowest BCUT2D eigenvalue weighted by Gasteiger charge is -2.35. The monoisotopic (exact) mass is 374 g/mol. The van der Waals surface area contributed by atoms with E-state index >= 15 is 0 Å². The van der Waals surface area contributed by atoms with Crippen molar-refractivity contribution in [2.45, 2.75) is 25.3 Å². The van der Waals surface area contributed by atoms with Crippen LogP contribution < -0.4 is 10.1 Å². The van der Waals surface area contributed by atoms with Gasteiger partial charge >= 0.3 is 0 Å². The van der Waals surface area contributed by atoms with Gasteiger partial charge in [0.05, 0.1) is 18.7 Å². The average molecular weight is 374 g/mol. The summed E-state index contributed by atoms with van der Waals surface area (Å²) in [5.74, 6) is -1.32. The fourth-order valence-corrected chi connectivity index (χ4v) is 3.47. The molecule has 2 aromatic rings. The molecule has 2 aromatic carbocycles. The van der Waals surface area contributed by atoms with Crippen LogP contribution >= 0.6 is 0 Å². The molecule has 1 fully saturated rings. The van der Waals surface area contributed by atoms with Crippen LogP contribution in [0.5, 0.6) is 5.75 Å². The molecule has 1 N–H and O–H groups in total. The molecule has 1 aliphatic heterocycles. The van der Waals surface area contributed by atoms with Crippen LogP contribution in [0.1, 0.15) is 41.2 Å². The van der Waals surface area contributed by atoms with Crippen molar-refractivity contribution in [3.05, 3.63) is 65.2 Å². The van der Waals surface area contributed by atoms with E-state index in [-0.39, 0.29) is 11.6 Å². The van der Waals surface area contributed by atoms with Gasteiger partial charge in [0.2, 0.25) is 0 Å². The molecule has 27 heavy (non-hydrogen) atoms. The van der Waals surface area contributed by atoms with Crippen LogP contribution in [0, 0.1) is 11.6 Å². The lowest BCUT2D eigenvalue weighted by molar-refractivity contribution is 0.0920. The van der Waals surface area contributed by atoms with E-state index in [9.17, 15) is 13.6 Å². The summed E-state index contributed by atoms with van der Waals surface area (Å²) in [5.41, 5.74) is 0.918. The van der Waals surface area contributed by atoms with Crippen LogP contribution in [0.15, 0.2) is 42.5 Å². The number of likely N-dealkylation sites (tertiary alicyclic amines) is 1. The Kier molecular flexibility index (Phi) is 6.40. The third-order valence-electron chi connectivity index (χ3n) is 4.96. The number of hydrogen-bond acceptors (Lipinski definition) is 3. The number of carbonyl (C=O) groups is 1. The number of nitrogens with zero attached hydrogens (tertiary/aromatic N) is 1. The van der Waals surface area contributed by atoms with E-state index < -0.39 is 17.5 Å². The smallest absolute Gasteiger partial charge is 0.254 e. The van der Waals surface area contributed by atoms with Crippen molar-refractivity contribution >= 4 is 5.91 Å². The Balaban J connectivity index is 1.75. The van der Waals surface area contributed by atoms with Crippen molar-refractivity contribution in [1.82, 2.24) is 10.2 Å². The van der Waals surface area contributed by atoms with Crippen LogP contribution in [-0.4, -0.2) is 37.6 Å². The maximum atomic E-state index is 13.9. The number of piperidine rings is 1. The predicted molar refractivity (Wildman–Crippen MR) is 99.9 cm³/mol. The molecule has 6 heteroatoms. The van der Waals surface area contributed by atoms with Gasteiger partial charge in [0.25, 0.3) is 5.91 Å². The summed E-state index contributed by atoms with van der Waals surface area (Å²) < 4.78 is 32.1. The van der Waals surface area contributed by atoms with Crippen LogP contribution in [-0.2, 0) is 0 Å². The normalized spacial score (nSPS) is 16.0. The van der Waals surface area contributed by atoms with E-state index in [1.807, 2.05) is 24.3 Å². The molecule has 1 aliphatic rings. The van der Waals surface area contributed by atoms with Gasteiger partial charge in [0.1, 0.15) is 17.4 Å². The highest BCUT2D eigenvalue weighted by atomic mass is 19.1. The molecule has 0 bridgehead atoms. The summed E-state index contributed by atoms with van der Waals surface area (Å²) in [4.78, 5) is 14.7. The van der Waals surface area contributed by atoms with E-state index in [1.165, 1.54) is 12.5 Å². The van der Waals surface area contributed by atoms with Gasteiger partial charge in [0.15, 0.2) is 0 Å². The van der Waals surface area contributed by atoms with E-state index in [1.54, 1.807) is 7.11 Å². The van der Waals surface area contributed by atoms with E-state index in [4.69, 9.17) is 4.74 Å². The molecule has 3 rings (SSSR count). The van der Waals surface area contributed by atoms with Crippen LogP contribution in [0.4, 0.5) is 8.78 Å². The number of nitrogens with one attached hydrogen (secondary N) is 1. The lowest BCUT2D eigenvalue weighted by atomic mass is 10.0. The van der Waals surface area contributed by atoms with E-state index in [0.717, 1.165) is 49.4 Å². The highest BCUT2D eigenvalue weighted by Crippen LogP contribution is 2.26. The molecular weight excluding hydrogens is 350 g/mol. The van der Waals surface area contributed by atoms with E-state index in [2.05, 4.69) is 10.2 Å². The molecule has 0 spiro atoms. The number of methoxy groups -OCH3 is 1. The Morgan fingerprint density at radius 1 is 1.11 bits per heavy atom. The second-order valence-electron chi connectivity index (χ2n) is 6.72. The minimum absolute atomic E-state index is 0.0105. The zero-order valence-electron chi connectivity index (χ0n) is 15.4. The first-order valence-electron chi connectivity index (χ1n) is 9.19. The summed E-state index contributed by atoms with van der Waals surface area (Å²) in [7, 11) is 1.62. The van der Waals surface area contributed by atoms with Gasteiger partial charge in [-0.15, -0.1) is 0 Å². The van der Waals surface area contributed by atoms with Gasteiger partial charge in [-0.3, -0.25) is 9.69 Å². The standard InChI is InChI=1S/C21H24F2N2O2/c1-27-17-8-5-15(6-9-17)20(25-11-3-2-4-12-25)14-24-21(26)18-10-7-16(22)13-19(18)23/h5-10,13,20H,2-4,11-12,14H2,1H3,(H,24,26). The summed E-state index contributed by atoms with van der Waals surface area (Å²) in [6, 6.07) is 10.7. The van der Waals surface area contributed by atoms with Crippen LogP contribution in [0.2, 0.25) is 0 Å². The molecule has 0 aliphatic carbocycles. The number of amides is 1. The number of halogens is 2. The molecule has 0 radical (unpaired) electrons. The third-order valence-corrected chi connectivity index (χ3v) is 4.96. The molecule has 1 amide bonds. The molecule has 1 saturated heterocycles. The minimum Gasteiger partial charge on any atom is -0.497 e. The highest BCUT2D eigenvalue weighted by molar-refractivity contribution is 5.94. The zero-order chi connectivity index (χ0) is 19.2. The number of hydrogen-bond donors (Lipinski definition) is 1. The molecule has 0 saturated carbocycles. The molecule has 1 unspecified atom stereocenters. The number of ether oxygens (including phenoxy) is 1. The largest absolute Gasteiger partial charge is 0.497 e. The SMILES string of the molecule is COc1ccc(C(CNC(=O)c2ccc(F)cc2F)N2CCCCC2)cc1. The van der Waals surface area contributed by atoms with Crippen molar-refractivity contribution in [2.75, 3.05) is 26.7 Å². The first-order chi connectivity index (χ1) is 13.1. The zero-order valence-corrected chi connectivity index (χ0v) is 15.4. The van der Waals surface area contributed by atoms with Crippen LogP contribution in [0.25, 0.3) is 0 Å². The van der Waals surface area contributed by atoms with Crippen molar-refractivity contribution in [3.63, 3.8) is 0 Å². The van der Waals surface area contributed by atoms with Crippen molar-refractivity contribution < 1.29 is 18.3 Å². The number of benzene rings is 2. The fraction of sp³-hybridized carbons (Fsp3) is 0.381. The maximum Gasteiger partial charge on any atom is 0.254 e. The minimum atomic E-state index is -0.855. The summed E-state index contributed by atoms with van der Waals surface area (Å²) in [6.45, 7) is 2.26. The lowest BCUT2D eigenvalue weighted by Crippen LogP contribution is -2.40. The molecule has 1 atom stereocenters. The number of rotatable bonds is 6. The molecule has 1 heterocycles. The van der Waals surface area contributed by atoms with Gasteiger partial charge in [-0.2, -0.15) is 0 Å². The molecule has 4 nitrogen and oxygen atoms in total. The Labute approximate surface area is 158 Å². The molecule has 0 aromatic heterocycles. The number of carbonyl (C=O) groups excluding carboxylic acids is 1. The van der Waals surface area contributed by atoms with Crippen molar-refractivity contribution in [1.29, 1.82) is 0 Å². The van der Waals surface area contributed by atoms with E-state index in [0.29, 0.717) is 6.54 Å². The van der Waals surface area contributed by atoms with Crippen LogP contribution in [0.3, 0.4) is 0 Å². The quantitative estimate of drug-likeness (QED) is 0.833. The Hall–Kier alpha value is -2.47. The Morgan fingerprint density at radius 3 is 2.44 bits per heavy atom. The first-order valence-corrected chi connectivity index (χ1v) is 9.19. The summed E-state index contributed by atoms with van der Waals surface area (Å²) in [6.07, 6.45) is 3.44.